The van der Waals surface area contributed by atoms with E-state index in [-0.39, 0.29) is 10.6 Å². The molecule has 0 spiro atoms. The van der Waals surface area contributed by atoms with Crippen LogP contribution < -0.4 is 9.47 Å². The predicted octanol–water partition coefficient (Wildman–Crippen LogP) is 5.85. The van der Waals surface area contributed by atoms with Crippen molar-refractivity contribution < 1.29 is 13.9 Å². The first kappa shape index (κ1) is 16.8. The molecule has 0 aliphatic carbocycles. The van der Waals surface area contributed by atoms with Crippen molar-refractivity contribution in [1.29, 1.82) is 0 Å². The van der Waals surface area contributed by atoms with Crippen molar-refractivity contribution in [2.24, 2.45) is 0 Å². The van der Waals surface area contributed by atoms with Crippen molar-refractivity contribution in [1.82, 2.24) is 0 Å². The molecule has 0 amide bonds. The van der Waals surface area contributed by atoms with E-state index >= 15 is 0 Å². The monoisotopic (exact) mass is 480 g/mol. The van der Waals surface area contributed by atoms with Gasteiger partial charge in [0.05, 0.1) is 19.0 Å². The molecular weight excluding hydrogens is 471 g/mol. The molecule has 1 unspecified atom stereocenters. The van der Waals surface area contributed by atoms with E-state index < -0.39 is 0 Å². The lowest BCUT2D eigenvalue weighted by molar-refractivity contribution is 0.351. The first-order valence-corrected chi connectivity index (χ1v) is 8.48. The van der Waals surface area contributed by atoms with Crippen molar-refractivity contribution in [2.45, 2.75) is 4.83 Å². The van der Waals surface area contributed by atoms with Gasteiger partial charge in [0.2, 0.25) is 0 Å². The number of hydrogen-bond acceptors (Lipinski definition) is 2. The van der Waals surface area contributed by atoms with Crippen LogP contribution in [0, 0.1) is 5.82 Å². The second-order valence-electron chi connectivity index (χ2n) is 4.29. The van der Waals surface area contributed by atoms with Crippen LogP contribution in [0.2, 0.25) is 0 Å². The van der Waals surface area contributed by atoms with E-state index in [0.29, 0.717) is 17.1 Å². The molecule has 0 N–H and O–H groups in total. The molecule has 0 aromatic heterocycles. The Morgan fingerprint density at radius 1 is 0.905 bits per heavy atom. The van der Waals surface area contributed by atoms with Gasteiger partial charge in [-0.15, -0.1) is 0 Å². The smallest absolute Gasteiger partial charge is 0.163 e. The molecule has 0 aliphatic heterocycles. The van der Waals surface area contributed by atoms with Crippen molar-refractivity contribution in [2.75, 3.05) is 14.2 Å². The summed E-state index contributed by atoms with van der Waals surface area (Å²) in [7, 11) is 3.01. The van der Waals surface area contributed by atoms with Gasteiger partial charge in [-0.25, -0.2) is 4.39 Å². The van der Waals surface area contributed by atoms with Gasteiger partial charge in [-0.3, -0.25) is 0 Å². The zero-order chi connectivity index (χ0) is 15.6. The lowest BCUT2D eigenvalue weighted by atomic mass is 10.0. The Morgan fingerprint density at radius 3 is 1.95 bits per heavy atom. The third kappa shape index (κ3) is 3.79. The van der Waals surface area contributed by atoms with Gasteiger partial charge >= 0.3 is 0 Å². The van der Waals surface area contributed by atoms with Gasteiger partial charge in [0.1, 0.15) is 5.82 Å². The highest BCUT2D eigenvalue weighted by molar-refractivity contribution is 9.11. The van der Waals surface area contributed by atoms with Gasteiger partial charge in [-0.2, -0.15) is 0 Å². The summed E-state index contributed by atoms with van der Waals surface area (Å²) < 4.78 is 26.5. The number of methoxy groups -OCH3 is 2. The van der Waals surface area contributed by atoms with Crippen LogP contribution in [0.15, 0.2) is 39.3 Å². The molecule has 2 nitrogen and oxygen atoms in total. The zero-order valence-electron chi connectivity index (χ0n) is 11.3. The van der Waals surface area contributed by atoms with Gasteiger partial charge in [-0.1, -0.05) is 47.8 Å². The maximum absolute atomic E-state index is 14.3. The second kappa shape index (κ2) is 7.11. The van der Waals surface area contributed by atoms with Crippen molar-refractivity contribution >= 4 is 47.8 Å². The lowest BCUT2D eigenvalue weighted by Gasteiger charge is -2.16. The fraction of sp³-hybridized carbons (Fsp3) is 0.200. The van der Waals surface area contributed by atoms with Gasteiger partial charge < -0.3 is 9.47 Å². The molecule has 1 atom stereocenters. The predicted molar refractivity (Wildman–Crippen MR) is 92.1 cm³/mol. The highest BCUT2D eigenvalue weighted by Crippen LogP contribution is 2.39. The summed E-state index contributed by atoms with van der Waals surface area (Å²) in [4.78, 5) is -0.300. The number of alkyl halides is 1. The summed E-state index contributed by atoms with van der Waals surface area (Å²) in [5.74, 6) is 0.506. The molecular formula is C15H12Br3FO2. The Hall–Kier alpha value is -0.590. The fourth-order valence-corrected chi connectivity index (χ4v) is 3.91. The molecule has 0 fully saturated rings. The molecule has 21 heavy (non-hydrogen) atoms. The quantitative estimate of drug-likeness (QED) is 0.509. The minimum atomic E-state index is -0.356. The standard InChI is InChI=1S/C15H12Br3FO2/c1-20-13-6-11(12(19)7-14(13)21-2)15(18)8-3-9(16)5-10(17)4-8/h3-7,15H,1-2H3. The Morgan fingerprint density at radius 2 is 1.43 bits per heavy atom. The molecule has 2 aromatic carbocycles. The van der Waals surface area contributed by atoms with Crippen molar-refractivity contribution in [3.05, 3.63) is 56.2 Å². The number of halogens is 4. The first-order chi connectivity index (χ1) is 9.96. The Kier molecular flexibility index (Phi) is 5.68. The number of benzene rings is 2. The fourth-order valence-electron chi connectivity index (χ4n) is 1.97. The molecule has 0 bridgehead atoms. The Bertz CT molecular complexity index is 641. The van der Waals surface area contributed by atoms with Gasteiger partial charge in [0, 0.05) is 20.6 Å². The van der Waals surface area contributed by atoms with E-state index in [0.717, 1.165) is 14.5 Å². The summed E-state index contributed by atoms with van der Waals surface area (Å²) in [5, 5.41) is 0. The van der Waals surface area contributed by atoms with Crippen molar-refractivity contribution in [3.8, 4) is 11.5 Å². The van der Waals surface area contributed by atoms with Crippen molar-refractivity contribution in [3.63, 3.8) is 0 Å². The van der Waals surface area contributed by atoms with Gasteiger partial charge in [0.25, 0.3) is 0 Å². The topological polar surface area (TPSA) is 18.5 Å². The van der Waals surface area contributed by atoms with Crippen LogP contribution in [0.1, 0.15) is 16.0 Å². The van der Waals surface area contributed by atoms with E-state index in [9.17, 15) is 4.39 Å². The minimum Gasteiger partial charge on any atom is -0.493 e. The molecule has 6 heteroatoms. The largest absolute Gasteiger partial charge is 0.493 e. The van der Waals surface area contributed by atoms with Crippen LogP contribution in [-0.2, 0) is 0 Å². The van der Waals surface area contributed by atoms with Crippen LogP contribution in [0.3, 0.4) is 0 Å². The lowest BCUT2D eigenvalue weighted by Crippen LogP contribution is -2.00. The number of hydrogen-bond donors (Lipinski definition) is 0. The van der Waals surface area contributed by atoms with E-state index in [4.69, 9.17) is 9.47 Å². The molecule has 0 saturated heterocycles. The summed E-state index contributed by atoms with van der Waals surface area (Å²) in [5.41, 5.74) is 1.40. The highest BCUT2D eigenvalue weighted by atomic mass is 79.9. The van der Waals surface area contributed by atoms with Gasteiger partial charge in [-0.05, 0) is 29.8 Å². The summed E-state index contributed by atoms with van der Waals surface area (Å²) in [6, 6.07) is 8.76. The van der Waals surface area contributed by atoms with Crippen LogP contribution in [0.5, 0.6) is 11.5 Å². The molecule has 2 aromatic rings. The highest BCUT2D eigenvalue weighted by Gasteiger charge is 2.19. The zero-order valence-corrected chi connectivity index (χ0v) is 16.1. The average molecular weight is 483 g/mol. The van der Waals surface area contributed by atoms with Crippen LogP contribution >= 0.6 is 47.8 Å². The van der Waals surface area contributed by atoms with Crippen LogP contribution in [0.4, 0.5) is 4.39 Å². The van der Waals surface area contributed by atoms with Gasteiger partial charge in [0.15, 0.2) is 11.5 Å². The SMILES string of the molecule is COc1cc(F)c(C(Br)c2cc(Br)cc(Br)c2)cc1OC. The minimum absolute atomic E-state index is 0.300. The number of rotatable bonds is 4. The Balaban J connectivity index is 2.49. The summed E-state index contributed by atoms with van der Waals surface area (Å²) in [6.45, 7) is 0. The Labute approximate surface area is 148 Å². The third-order valence-corrected chi connectivity index (χ3v) is 4.89. The summed E-state index contributed by atoms with van der Waals surface area (Å²) in [6.07, 6.45) is 0. The summed E-state index contributed by atoms with van der Waals surface area (Å²) >= 11 is 10.4. The van der Waals surface area contributed by atoms with E-state index in [2.05, 4.69) is 47.8 Å². The van der Waals surface area contributed by atoms with Crippen LogP contribution in [0.25, 0.3) is 0 Å². The maximum atomic E-state index is 14.3. The molecule has 112 valence electrons. The van der Waals surface area contributed by atoms with E-state index in [1.54, 1.807) is 6.07 Å². The molecule has 0 aliphatic rings. The van der Waals surface area contributed by atoms with Crippen LogP contribution in [-0.4, -0.2) is 14.2 Å². The average Bonchev–Trinajstić information content (AvgIpc) is 2.45. The second-order valence-corrected chi connectivity index (χ2v) is 7.04. The molecule has 0 saturated carbocycles. The molecule has 2 rings (SSSR count). The normalized spacial score (nSPS) is 12.1. The molecule has 0 radical (unpaired) electrons. The van der Waals surface area contributed by atoms with E-state index in [1.165, 1.54) is 20.3 Å². The first-order valence-electron chi connectivity index (χ1n) is 5.97. The maximum Gasteiger partial charge on any atom is 0.163 e. The molecule has 0 heterocycles. The number of ether oxygens (including phenoxy) is 2. The third-order valence-electron chi connectivity index (χ3n) is 2.95. The van der Waals surface area contributed by atoms with E-state index in [1.807, 2.05) is 18.2 Å².